The first-order valence-corrected chi connectivity index (χ1v) is 27.2. The van der Waals surface area contributed by atoms with E-state index < -0.39 is 8.07 Å². The molecule has 1 nitrogen and oxygen atoms in total. The summed E-state index contributed by atoms with van der Waals surface area (Å²) < 4.78 is 0. The monoisotopic (exact) mass is 895 g/mol. The van der Waals surface area contributed by atoms with Gasteiger partial charge in [-0.05, 0) is 155 Å². The molecule has 0 N–H and O–H groups in total. The summed E-state index contributed by atoms with van der Waals surface area (Å²) in [6, 6.07) is 79.3. The highest BCUT2D eigenvalue weighted by atomic mass is 28.3. The fraction of sp³-hybridized carbons (Fsp3) is 0.212. The fourth-order valence-corrected chi connectivity index (χ4v) is 17.9. The molecule has 0 unspecified atom stereocenters. The number of nitrogens with zero attached hydrogens (tertiary/aromatic N) is 1. The number of hydrogen-bond acceptors (Lipinski definition) is 1. The van der Waals surface area contributed by atoms with Crippen molar-refractivity contribution in [3.63, 3.8) is 0 Å². The highest BCUT2D eigenvalue weighted by Gasteiger charge is 2.49. The van der Waals surface area contributed by atoms with Gasteiger partial charge in [0.05, 0.1) is 5.69 Å². The van der Waals surface area contributed by atoms with E-state index in [0.29, 0.717) is 5.92 Å². The lowest BCUT2D eigenvalue weighted by atomic mass is 9.63. The molecule has 2 heteroatoms. The Bertz CT molecular complexity index is 3280. The van der Waals surface area contributed by atoms with E-state index in [-0.39, 0.29) is 10.8 Å². The molecule has 1 heterocycles. The second-order valence-corrected chi connectivity index (χ2v) is 25.0. The van der Waals surface area contributed by atoms with Gasteiger partial charge >= 0.3 is 0 Å². The van der Waals surface area contributed by atoms with Crippen molar-refractivity contribution in [1.29, 1.82) is 0 Å². The van der Waals surface area contributed by atoms with Gasteiger partial charge in [0.2, 0.25) is 0 Å². The van der Waals surface area contributed by atoms with Gasteiger partial charge in [0, 0.05) is 16.8 Å². The van der Waals surface area contributed by atoms with E-state index in [1.165, 1.54) is 144 Å². The molecule has 9 aromatic rings. The Morgan fingerprint density at radius 2 is 1.06 bits per heavy atom. The normalized spacial score (nSPS) is 16.7. The van der Waals surface area contributed by atoms with Crippen molar-refractivity contribution < 1.29 is 0 Å². The number of benzene rings is 9. The predicted octanol–water partition coefficient (Wildman–Crippen LogP) is 15.4. The van der Waals surface area contributed by atoms with Crippen LogP contribution < -0.4 is 25.6 Å². The first kappa shape index (κ1) is 42.6. The Kier molecular flexibility index (Phi) is 10.5. The van der Waals surface area contributed by atoms with Crippen molar-refractivity contribution in [3.8, 4) is 33.4 Å². The summed E-state index contributed by atoms with van der Waals surface area (Å²) in [5, 5.41) is 8.26. The second-order valence-electron chi connectivity index (χ2n) is 21.3. The summed E-state index contributed by atoms with van der Waals surface area (Å²) >= 11 is 0. The topological polar surface area (TPSA) is 3.24 Å². The van der Waals surface area contributed by atoms with Gasteiger partial charge in [0.15, 0.2) is 8.07 Å². The van der Waals surface area contributed by atoms with Crippen molar-refractivity contribution >= 4 is 56.7 Å². The molecular formula is C66H61NSi. The summed E-state index contributed by atoms with van der Waals surface area (Å²) in [7, 11) is -2.62. The van der Waals surface area contributed by atoms with Crippen LogP contribution >= 0.6 is 0 Å². The van der Waals surface area contributed by atoms with Crippen LogP contribution in [0.2, 0.25) is 0 Å². The van der Waals surface area contributed by atoms with Crippen molar-refractivity contribution in [2.75, 3.05) is 4.90 Å². The van der Waals surface area contributed by atoms with Gasteiger partial charge in [-0.25, -0.2) is 0 Å². The maximum atomic E-state index is 2.51. The van der Waals surface area contributed by atoms with Crippen LogP contribution in [0.1, 0.15) is 95.2 Å². The Morgan fingerprint density at radius 3 is 1.81 bits per heavy atom. The maximum Gasteiger partial charge on any atom is 0.180 e. The number of fused-ring (bicyclic) bond motifs is 5. The molecule has 0 bridgehead atoms. The van der Waals surface area contributed by atoms with Gasteiger partial charge in [0.25, 0.3) is 0 Å². The standard InChI is InChI=1S/C66H61NSi/c1-65(2)41-42-66(3,4)60-45-49(36-40-59(60)65)48-21-16-23-53(44-48)67(52-37-33-47(34-38-52)46-19-8-5-9-20-46)61-30-17-22-50-43-51(35-39-56(50)61)57-29-18-32-63-64(57)58-28-14-15-31-62(58)68(63,54-24-10-6-11-25-54)55-26-12-7-13-27-55/h6-7,10-18,21-40,43-46H,5,8-9,19-20,41-42H2,1-4H3. The molecule has 0 amide bonds. The first-order valence-electron chi connectivity index (χ1n) is 25.2. The third kappa shape index (κ3) is 7.02. The molecule has 0 atom stereocenters. The summed E-state index contributed by atoms with van der Waals surface area (Å²) in [5.74, 6) is 0.656. The minimum Gasteiger partial charge on any atom is -0.310 e. The molecular weight excluding hydrogens is 835 g/mol. The van der Waals surface area contributed by atoms with Crippen LogP contribution in [-0.2, 0) is 10.8 Å². The smallest absolute Gasteiger partial charge is 0.180 e. The van der Waals surface area contributed by atoms with Gasteiger partial charge in [-0.3, -0.25) is 0 Å². The number of rotatable bonds is 8. The molecule has 0 aromatic heterocycles. The van der Waals surface area contributed by atoms with Gasteiger partial charge < -0.3 is 4.90 Å². The van der Waals surface area contributed by atoms with E-state index in [4.69, 9.17) is 0 Å². The van der Waals surface area contributed by atoms with Gasteiger partial charge in [-0.15, -0.1) is 0 Å². The van der Waals surface area contributed by atoms with E-state index in [1.54, 1.807) is 0 Å². The highest BCUT2D eigenvalue weighted by Crippen LogP contribution is 2.48. The molecule has 9 aromatic carbocycles. The van der Waals surface area contributed by atoms with Crippen LogP contribution in [0.15, 0.2) is 206 Å². The fourth-order valence-electron chi connectivity index (χ4n) is 12.7. The van der Waals surface area contributed by atoms with E-state index in [2.05, 4.69) is 239 Å². The average Bonchev–Trinajstić information content (AvgIpc) is 3.70. The third-order valence-corrected chi connectivity index (χ3v) is 21.3. The first-order chi connectivity index (χ1) is 33.2. The minimum absolute atomic E-state index is 0.143. The van der Waals surface area contributed by atoms with Crippen LogP contribution in [0.4, 0.5) is 17.1 Å². The lowest BCUT2D eigenvalue weighted by molar-refractivity contribution is 0.332. The Hall–Kier alpha value is -6.74. The van der Waals surface area contributed by atoms with Crippen LogP contribution in [0, 0.1) is 0 Å². The molecule has 334 valence electrons. The van der Waals surface area contributed by atoms with E-state index >= 15 is 0 Å². The Labute approximate surface area is 405 Å². The van der Waals surface area contributed by atoms with Crippen molar-refractivity contribution in [1.82, 2.24) is 0 Å². The zero-order valence-corrected chi connectivity index (χ0v) is 41.1. The SMILES string of the molecule is CC1(C)CCC(C)(C)c2cc(-c3cccc(N(c4ccc(C5CCCCC5)cc4)c4cccc5cc(-c6cccc7c6-c6ccccc6[Si]7(c6ccccc6)c6ccccc6)ccc45)c3)ccc21. The molecule has 1 saturated carbocycles. The zero-order valence-electron chi connectivity index (χ0n) is 40.1. The lowest BCUT2D eigenvalue weighted by Crippen LogP contribution is -2.72. The van der Waals surface area contributed by atoms with Crippen LogP contribution in [0.25, 0.3) is 44.2 Å². The lowest BCUT2D eigenvalue weighted by Gasteiger charge is -2.42. The molecule has 0 saturated heterocycles. The molecule has 2 aliphatic carbocycles. The molecule has 1 aliphatic heterocycles. The number of hydrogen-bond donors (Lipinski definition) is 0. The van der Waals surface area contributed by atoms with Crippen LogP contribution in [0.3, 0.4) is 0 Å². The van der Waals surface area contributed by atoms with Crippen molar-refractivity contribution in [3.05, 3.63) is 223 Å². The average molecular weight is 896 g/mol. The van der Waals surface area contributed by atoms with E-state index in [9.17, 15) is 0 Å². The Balaban J connectivity index is 1.00. The minimum atomic E-state index is -2.62. The summed E-state index contributed by atoms with van der Waals surface area (Å²) in [5.41, 5.74) is 16.2. The highest BCUT2D eigenvalue weighted by molar-refractivity contribution is 7.22. The quantitative estimate of drug-likeness (QED) is 0.137. The van der Waals surface area contributed by atoms with Gasteiger partial charge in [-0.2, -0.15) is 0 Å². The molecule has 1 fully saturated rings. The Morgan fingerprint density at radius 1 is 0.441 bits per heavy atom. The molecule has 3 aliphatic rings. The zero-order chi connectivity index (χ0) is 46.0. The second kappa shape index (κ2) is 16.8. The molecule has 68 heavy (non-hydrogen) atoms. The van der Waals surface area contributed by atoms with Crippen molar-refractivity contribution in [2.24, 2.45) is 0 Å². The molecule has 0 spiro atoms. The van der Waals surface area contributed by atoms with Gasteiger partial charge in [-0.1, -0.05) is 217 Å². The third-order valence-electron chi connectivity index (χ3n) is 16.4. The summed E-state index contributed by atoms with van der Waals surface area (Å²) in [6.45, 7) is 9.70. The summed E-state index contributed by atoms with van der Waals surface area (Å²) in [4.78, 5) is 2.51. The predicted molar refractivity (Wildman–Crippen MR) is 293 cm³/mol. The van der Waals surface area contributed by atoms with E-state index in [1.807, 2.05) is 0 Å². The largest absolute Gasteiger partial charge is 0.310 e. The molecule has 12 rings (SSSR count). The van der Waals surface area contributed by atoms with Crippen molar-refractivity contribution in [2.45, 2.75) is 89.4 Å². The van der Waals surface area contributed by atoms with Crippen LogP contribution in [-0.4, -0.2) is 8.07 Å². The molecule has 0 radical (unpaired) electrons. The summed E-state index contributed by atoms with van der Waals surface area (Å²) in [6.07, 6.45) is 9.05. The van der Waals surface area contributed by atoms with E-state index in [0.717, 1.165) is 0 Å². The van der Waals surface area contributed by atoms with Crippen LogP contribution in [0.5, 0.6) is 0 Å². The maximum absolute atomic E-state index is 2.62. The van der Waals surface area contributed by atoms with Gasteiger partial charge in [0.1, 0.15) is 0 Å². The number of anilines is 3.